The summed E-state index contributed by atoms with van der Waals surface area (Å²) in [7, 11) is 0. The van der Waals surface area contributed by atoms with Crippen molar-refractivity contribution in [1.29, 1.82) is 0 Å². The van der Waals surface area contributed by atoms with Crippen LogP contribution in [0.15, 0.2) is 24.3 Å². The summed E-state index contributed by atoms with van der Waals surface area (Å²) in [6, 6.07) is 9.87. The van der Waals surface area contributed by atoms with E-state index in [9.17, 15) is 0 Å². The molecule has 1 saturated carbocycles. The Morgan fingerprint density at radius 3 is 2.84 bits per heavy atom. The lowest BCUT2D eigenvalue weighted by molar-refractivity contribution is 0.0526. The van der Waals surface area contributed by atoms with Gasteiger partial charge in [0.15, 0.2) is 0 Å². The van der Waals surface area contributed by atoms with Gasteiger partial charge in [-0.2, -0.15) is 0 Å². The van der Waals surface area contributed by atoms with Gasteiger partial charge in [-0.15, -0.1) is 12.4 Å². The first-order chi connectivity index (χ1) is 11.8. The Bertz CT molecular complexity index is 507. The zero-order valence-corrected chi connectivity index (χ0v) is 16.5. The smallest absolute Gasteiger partial charge is 0.0623 e. The van der Waals surface area contributed by atoms with Crippen LogP contribution in [-0.2, 0) is 4.74 Å². The Morgan fingerprint density at radius 2 is 2.12 bits per heavy atom. The summed E-state index contributed by atoms with van der Waals surface area (Å²) in [6.07, 6.45) is 3.98. The molecular weight excluding hydrogens is 334 g/mol. The van der Waals surface area contributed by atoms with Gasteiger partial charge >= 0.3 is 0 Å². The van der Waals surface area contributed by atoms with Gasteiger partial charge < -0.3 is 20.3 Å². The predicted octanol–water partition coefficient (Wildman–Crippen LogP) is 2.99. The topological polar surface area (TPSA) is 36.5 Å². The lowest BCUT2D eigenvalue weighted by Gasteiger charge is -2.33. The second kappa shape index (κ2) is 10.4. The molecule has 2 fully saturated rings. The van der Waals surface area contributed by atoms with Crippen molar-refractivity contribution in [1.82, 2.24) is 10.6 Å². The van der Waals surface area contributed by atoms with Crippen molar-refractivity contribution in [3.8, 4) is 0 Å². The highest BCUT2D eigenvalue weighted by molar-refractivity contribution is 5.85. The number of hydrogen-bond acceptors (Lipinski definition) is 4. The van der Waals surface area contributed by atoms with E-state index >= 15 is 0 Å². The van der Waals surface area contributed by atoms with Crippen LogP contribution in [0.4, 0.5) is 5.69 Å². The van der Waals surface area contributed by atoms with Crippen molar-refractivity contribution in [2.75, 3.05) is 44.3 Å². The molecule has 3 unspecified atom stereocenters. The second-order valence-electron chi connectivity index (χ2n) is 7.16. The van der Waals surface area contributed by atoms with Crippen LogP contribution in [0.2, 0.25) is 0 Å². The molecule has 0 aromatic heterocycles. The van der Waals surface area contributed by atoms with Gasteiger partial charge in [0, 0.05) is 44.0 Å². The van der Waals surface area contributed by atoms with Gasteiger partial charge in [-0.1, -0.05) is 24.6 Å². The van der Waals surface area contributed by atoms with Gasteiger partial charge in [-0.25, -0.2) is 0 Å². The van der Waals surface area contributed by atoms with Crippen molar-refractivity contribution in [2.24, 2.45) is 5.92 Å². The molecule has 1 saturated heterocycles. The van der Waals surface area contributed by atoms with E-state index in [2.05, 4.69) is 53.6 Å². The van der Waals surface area contributed by atoms with Gasteiger partial charge in [0.05, 0.1) is 13.2 Å². The fraction of sp³-hybridized carbons (Fsp3) is 0.700. The lowest BCUT2D eigenvalue weighted by Crippen LogP contribution is -2.51. The van der Waals surface area contributed by atoms with Gasteiger partial charge in [0.2, 0.25) is 0 Å². The highest BCUT2D eigenvalue weighted by Gasteiger charge is 2.34. The van der Waals surface area contributed by atoms with E-state index < -0.39 is 0 Å². The summed E-state index contributed by atoms with van der Waals surface area (Å²) in [5.74, 6) is 0.721. The molecule has 3 rings (SSSR count). The summed E-state index contributed by atoms with van der Waals surface area (Å²) in [5, 5.41) is 7.51. The summed E-state index contributed by atoms with van der Waals surface area (Å²) in [5.41, 5.74) is 2.73. The Hall–Kier alpha value is -0.810. The van der Waals surface area contributed by atoms with Crippen LogP contribution in [0.1, 0.15) is 31.7 Å². The maximum absolute atomic E-state index is 5.68. The molecule has 0 radical (unpaired) electrons. The third-order valence-electron chi connectivity index (χ3n) is 5.66. The number of hydrogen-bond donors (Lipinski definition) is 2. The lowest BCUT2D eigenvalue weighted by atomic mass is 9.94. The number of likely N-dealkylation sites (N-methyl/N-ethyl adjacent to an activating group) is 1. The largest absolute Gasteiger partial charge is 0.379 e. The number of nitrogens with zero attached hydrogens (tertiary/aromatic N) is 1. The zero-order chi connectivity index (χ0) is 16.8. The molecule has 142 valence electrons. The number of nitrogens with one attached hydrogen (secondary N) is 2. The van der Waals surface area contributed by atoms with Crippen molar-refractivity contribution >= 4 is 18.1 Å². The molecule has 1 heterocycles. The minimum atomic E-state index is 0. The third kappa shape index (κ3) is 5.33. The minimum Gasteiger partial charge on any atom is -0.379 e. The first-order valence-corrected chi connectivity index (χ1v) is 9.64. The Kier molecular flexibility index (Phi) is 8.50. The van der Waals surface area contributed by atoms with Gasteiger partial charge in [0.25, 0.3) is 0 Å². The standard InChI is InChI=1S/C20H33N3O.ClH/c1-3-23(20-10-5-4-7-16(20)2)13-11-21-18-9-6-8-17(18)19-15-24-14-12-22-19;/h4-5,7,10,17-19,21-22H,3,6,8-9,11-15H2,1-2H3;1H. The molecule has 2 aliphatic rings. The first-order valence-electron chi connectivity index (χ1n) is 9.64. The summed E-state index contributed by atoms with van der Waals surface area (Å²) < 4.78 is 5.68. The van der Waals surface area contributed by atoms with E-state index in [4.69, 9.17) is 4.74 Å². The fourth-order valence-electron chi connectivity index (χ4n) is 4.34. The van der Waals surface area contributed by atoms with Crippen LogP contribution in [0, 0.1) is 12.8 Å². The number of aryl methyl sites for hydroxylation is 1. The normalized spacial score (nSPS) is 26.2. The molecule has 2 N–H and O–H groups in total. The second-order valence-corrected chi connectivity index (χ2v) is 7.16. The van der Waals surface area contributed by atoms with E-state index in [-0.39, 0.29) is 12.4 Å². The quantitative estimate of drug-likeness (QED) is 0.776. The average molecular weight is 368 g/mol. The fourth-order valence-corrected chi connectivity index (χ4v) is 4.34. The van der Waals surface area contributed by atoms with E-state index in [1.165, 1.54) is 30.5 Å². The molecule has 3 atom stereocenters. The number of halogens is 1. The number of benzene rings is 1. The van der Waals surface area contributed by atoms with E-state index in [1.54, 1.807) is 0 Å². The van der Waals surface area contributed by atoms with Crippen LogP contribution in [0.3, 0.4) is 0 Å². The molecule has 0 spiro atoms. The molecule has 1 aliphatic heterocycles. The van der Waals surface area contributed by atoms with Gasteiger partial charge in [0.1, 0.15) is 0 Å². The third-order valence-corrected chi connectivity index (χ3v) is 5.66. The van der Waals surface area contributed by atoms with Crippen LogP contribution >= 0.6 is 12.4 Å². The molecule has 4 nitrogen and oxygen atoms in total. The molecule has 1 aliphatic carbocycles. The van der Waals surface area contributed by atoms with Crippen molar-refractivity contribution < 1.29 is 4.74 Å². The number of rotatable bonds is 7. The maximum atomic E-state index is 5.68. The van der Waals surface area contributed by atoms with Crippen molar-refractivity contribution in [3.63, 3.8) is 0 Å². The molecule has 0 amide bonds. The predicted molar refractivity (Wildman–Crippen MR) is 108 cm³/mol. The van der Waals surface area contributed by atoms with Crippen LogP contribution in [-0.4, -0.2) is 51.5 Å². The van der Waals surface area contributed by atoms with E-state index in [1.807, 2.05) is 0 Å². The first kappa shape index (κ1) is 20.5. The summed E-state index contributed by atoms with van der Waals surface area (Å²) in [6.45, 7) is 10.4. The van der Waals surface area contributed by atoms with Crippen molar-refractivity contribution in [3.05, 3.63) is 29.8 Å². The maximum Gasteiger partial charge on any atom is 0.0623 e. The molecule has 1 aromatic carbocycles. The summed E-state index contributed by atoms with van der Waals surface area (Å²) >= 11 is 0. The monoisotopic (exact) mass is 367 g/mol. The number of ether oxygens (including phenoxy) is 1. The Labute approximate surface area is 159 Å². The van der Waals surface area contributed by atoms with Crippen molar-refractivity contribution in [2.45, 2.75) is 45.2 Å². The highest BCUT2D eigenvalue weighted by atomic mass is 35.5. The van der Waals surface area contributed by atoms with E-state index in [0.29, 0.717) is 12.1 Å². The van der Waals surface area contributed by atoms with Gasteiger partial charge in [-0.05, 0) is 44.2 Å². The zero-order valence-electron chi connectivity index (χ0n) is 15.7. The average Bonchev–Trinajstić information content (AvgIpc) is 3.09. The molecule has 25 heavy (non-hydrogen) atoms. The molecule has 5 heteroatoms. The van der Waals surface area contributed by atoms with Gasteiger partial charge in [-0.3, -0.25) is 0 Å². The van der Waals surface area contributed by atoms with Crippen LogP contribution in [0.25, 0.3) is 0 Å². The minimum absolute atomic E-state index is 0. The Balaban J connectivity index is 0.00000225. The van der Waals surface area contributed by atoms with E-state index in [0.717, 1.165) is 45.3 Å². The number of anilines is 1. The molecular formula is C20H34ClN3O. The molecule has 1 aromatic rings. The SMILES string of the molecule is CCN(CCNC1CCCC1C1COCCN1)c1ccccc1C.Cl. The van der Waals surface area contributed by atoms with Crippen LogP contribution < -0.4 is 15.5 Å². The number of para-hydroxylation sites is 1. The molecule has 0 bridgehead atoms. The van der Waals surface area contributed by atoms with Crippen LogP contribution in [0.5, 0.6) is 0 Å². The Morgan fingerprint density at radius 1 is 1.28 bits per heavy atom. The number of morpholine rings is 1. The summed E-state index contributed by atoms with van der Waals surface area (Å²) in [4.78, 5) is 2.48. The highest BCUT2D eigenvalue weighted by Crippen LogP contribution is 2.29.